The van der Waals surface area contributed by atoms with Crippen LogP contribution in [0.5, 0.6) is 0 Å². The molecule has 140 valence electrons. The fourth-order valence-electron chi connectivity index (χ4n) is 7.95. The predicted molar refractivity (Wildman–Crippen MR) is 98.6 cm³/mol. The third-order valence-electron chi connectivity index (χ3n) is 9.47. The number of carbonyl (C=O) groups excluding carboxylic acids is 1. The molecule has 3 heteroatoms. The smallest absolute Gasteiger partial charge is 0.315 e. The van der Waals surface area contributed by atoms with E-state index in [4.69, 9.17) is 11.2 Å². The third kappa shape index (κ3) is 1.92. The molecule has 0 bridgehead atoms. The second kappa shape index (κ2) is 5.16. The Balaban J connectivity index is 1.48. The Morgan fingerprint density at radius 2 is 1.92 bits per heavy atom. The molecule has 1 N–H and O–H groups in total. The van der Waals surface area contributed by atoms with Gasteiger partial charge in [-0.2, -0.15) is 0 Å². The molecular formula is C23H30O3. The minimum absolute atomic E-state index is 0.0557. The van der Waals surface area contributed by atoms with E-state index in [1.165, 1.54) is 18.4 Å². The first-order valence-electron chi connectivity index (χ1n) is 10.4. The van der Waals surface area contributed by atoms with Gasteiger partial charge in [0.25, 0.3) is 0 Å². The first kappa shape index (κ1) is 16.9. The molecule has 1 heterocycles. The molecule has 7 atom stereocenters. The standard InChI is InChI=1S/C23H30O3/c1-4-23(25)10-8-18-16-6-5-15-12-19-14(11-20(24)26-19)13-21(15,2)17(16)7-9-22(18,23)3/h1,15-18,25H,5-13H2,2-3H3/t15-,16+,17-,18-,21-,22-,23-/m0/s1. The van der Waals surface area contributed by atoms with Gasteiger partial charge in [-0.05, 0) is 79.6 Å². The number of hydrogen-bond acceptors (Lipinski definition) is 3. The lowest BCUT2D eigenvalue weighted by Gasteiger charge is -2.60. The van der Waals surface area contributed by atoms with Crippen LogP contribution in [0.4, 0.5) is 0 Å². The molecule has 0 radical (unpaired) electrons. The normalized spacial score (nSPS) is 52.5. The molecule has 3 nitrogen and oxygen atoms in total. The van der Waals surface area contributed by atoms with Crippen molar-refractivity contribution in [1.29, 1.82) is 0 Å². The van der Waals surface area contributed by atoms with Crippen molar-refractivity contribution in [1.82, 2.24) is 0 Å². The van der Waals surface area contributed by atoms with Gasteiger partial charge in [0.15, 0.2) is 0 Å². The quantitative estimate of drug-likeness (QED) is 0.524. The van der Waals surface area contributed by atoms with Crippen molar-refractivity contribution >= 4 is 5.97 Å². The lowest BCUT2D eigenvalue weighted by Crippen LogP contribution is -2.55. The molecule has 3 fully saturated rings. The summed E-state index contributed by atoms with van der Waals surface area (Å²) in [5.74, 6) is 6.23. The van der Waals surface area contributed by atoms with Crippen LogP contribution < -0.4 is 0 Å². The first-order valence-corrected chi connectivity index (χ1v) is 10.4. The zero-order valence-corrected chi connectivity index (χ0v) is 16.0. The maximum Gasteiger partial charge on any atom is 0.315 e. The van der Waals surface area contributed by atoms with Gasteiger partial charge in [-0.3, -0.25) is 4.79 Å². The molecule has 4 aliphatic carbocycles. The summed E-state index contributed by atoms with van der Waals surface area (Å²) in [5.41, 5.74) is 0.495. The molecule has 5 rings (SSSR count). The van der Waals surface area contributed by atoms with E-state index in [1.54, 1.807) is 0 Å². The molecule has 1 aliphatic heterocycles. The number of fused-ring (bicyclic) bond motifs is 5. The number of allylic oxidation sites excluding steroid dienone is 1. The lowest BCUT2D eigenvalue weighted by atomic mass is 9.44. The third-order valence-corrected chi connectivity index (χ3v) is 9.47. The second-order valence-corrected chi connectivity index (χ2v) is 10.2. The number of rotatable bonds is 0. The van der Waals surface area contributed by atoms with Crippen LogP contribution in [0.25, 0.3) is 0 Å². The summed E-state index contributed by atoms with van der Waals surface area (Å²) in [7, 11) is 0. The Kier molecular flexibility index (Phi) is 3.35. The number of hydrogen-bond donors (Lipinski definition) is 1. The SMILES string of the molecule is C#C[C@]1(O)CC[C@H]2[C@@H]3CC[C@H]4CC5=C(CC(=O)O5)C[C@]4(C)[C@H]3CC[C@@]21C. The number of terminal acetylenes is 1. The molecule has 0 amide bonds. The van der Waals surface area contributed by atoms with Crippen molar-refractivity contribution in [3.63, 3.8) is 0 Å². The maximum absolute atomic E-state index is 11.8. The summed E-state index contributed by atoms with van der Waals surface area (Å²) in [6.07, 6.45) is 14.7. The number of aliphatic hydroxyl groups is 1. The summed E-state index contributed by atoms with van der Waals surface area (Å²) < 4.78 is 5.51. The van der Waals surface area contributed by atoms with E-state index in [2.05, 4.69) is 19.8 Å². The van der Waals surface area contributed by atoms with Crippen LogP contribution in [0.3, 0.4) is 0 Å². The first-order chi connectivity index (χ1) is 12.3. The molecule has 0 spiro atoms. The van der Waals surface area contributed by atoms with Gasteiger partial charge < -0.3 is 9.84 Å². The minimum atomic E-state index is -0.922. The van der Waals surface area contributed by atoms with E-state index < -0.39 is 5.60 Å². The van der Waals surface area contributed by atoms with Crippen molar-refractivity contribution in [3.05, 3.63) is 11.3 Å². The van der Waals surface area contributed by atoms with Gasteiger partial charge in [0.2, 0.25) is 0 Å². The Hall–Kier alpha value is -1.27. The van der Waals surface area contributed by atoms with E-state index in [-0.39, 0.29) is 16.8 Å². The highest BCUT2D eigenvalue weighted by Gasteiger charge is 2.64. The summed E-state index contributed by atoms with van der Waals surface area (Å²) in [6.45, 7) is 4.73. The van der Waals surface area contributed by atoms with Crippen molar-refractivity contribution < 1.29 is 14.6 Å². The van der Waals surface area contributed by atoms with Gasteiger partial charge in [-0.25, -0.2) is 0 Å². The monoisotopic (exact) mass is 354 g/mol. The van der Waals surface area contributed by atoms with Gasteiger partial charge in [0, 0.05) is 11.8 Å². The fraction of sp³-hybridized carbons (Fsp3) is 0.783. The number of esters is 1. The molecule has 0 saturated heterocycles. The Bertz CT molecular complexity index is 745. The largest absolute Gasteiger partial charge is 0.431 e. The molecule has 26 heavy (non-hydrogen) atoms. The molecule has 3 saturated carbocycles. The highest BCUT2D eigenvalue weighted by molar-refractivity contribution is 5.77. The molecule has 0 aromatic heterocycles. The van der Waals surface area contributed by atoms with Crippen molar-refractivity contribution in [2.45, 2.75) is 77.2 Å². The summed E-state index contributed by atoms with van der Waals surface area (Å²) in [5, 5.41) is 11.1. The fourth-order valence-corrected chi connectivity index (χ4v) is 7.95. The molecule has 0 unspecified atom stereocenters. The Labute approximate surface area is 156 Å². The van der Waals surface area contributed by atoms with Gasteiger partial charge in [0.1, 0.15) is 11.4 Å². The molecular weight excluding hydrogens is 324 g/mol. The van der Waals surface area contributed by atoms with E-state index >= 15 is 0 Å². The number of ether oxygens (including phenoxy) is 1. The van der Waals surface area contributed by atoms with Crippen LogP contribution in [-0.2, 0) is 9.53 Å². The Morgan fingerprint density at radius 3 is 2.69 bits per heavy atom. The summed E-state index contributed by atoms with van der Waals surface area (Å²) >= 11 is 0. The average Bonchev–Trinajstić information content (AvgIpc) is 3.08. The average molecular weight is 354 g/mol. The van der Waals surface area contributed by atoms with Crippen LogP contribution in [0.1, 0.15) is 71.6 Å². The van der Waals surface area contributed by atoms with Gasteiger partial charge >= 0.3 is 5.97 Å². The summed E-state index contributed by atoms with van der Waals surface area (Å²) in [4.78, 5) is 11.8. The highest BCUT2D eigenvalue weighted by Crippen LogP contribution is 2.68. The van der Waals surface area contributed by atoms with Gasteiger partial charge in [0.05, 0.1) is 6.42 Å². The van der Waals surface area contributed by atoms with Crippen LogP contribution in [0.15, 0.2) is 11.3 Å². The van der Waals surface area contributed by atoms with Gasteiger partial charge in [-0.15, -0.1) is 6.42 Å². The van der Waals surface area contributed by atoms with Crippen molar-refractivity contribution in [2.24, 2.45) is 34.5 Å². The zero-order chi connectivity index (χ0) is 18.3. The van der Waals surface area contributed by atoms with E-state index in [0.717, 1.165) is 44.3 Å². The van der Waals surface area contributed by atoms with Crippen molar-refractivity contribution in [3.8, 4) is 12.3 Å². The van der Waals surface area contributed by atoms with Crippen LogP contribution >= 0.6 is 0 Å². The van der Waals surface area contributed by atoms with E-state index in [1.807, 2.05) is 0 Å². The molecule has 0 aromatic rings. The van der Waals surface area contributed by atoms with E-state index in [0.29, 0.717) is 30.1 Å². The zero-order valence-electron chi connectivity index (χ0n) is 16.0. The van der Waals surface area contributed by atoms with Crippen LogP contribution in [-0.4, -0.2) is 16.7 Å². The molecule has 5 aliphatic rings. The summed E-state index contributed by atoms with van der Waals surface area (Å²) in [6, 6.07) is 0. The van der Waals surface area contributed by atoms with E-state index in [9.17, 15) is 9.90 Å². The maximum atomic E-state index is 11.8. The highest BCUT2D eigenvalue weighted by atomic mass is 16.5. The second-order valence-electron chi connectivity index (χ2n) is 10.2. The van der Waals surface area contributed by atoms with Crippen LogP contribution in [0.2, 0.25) is 0 Å². The van der Waals surface area contributed by atoms with Gasteiger partial charge in [-0.1, -0.05) is 19.8 Å². The topological polar surface area (TPSA) is 46.5 Å². The van der Waals surface area contributed by atoms with Crippen LogP contribution in [0, 0.1) is 46.8 Å². The van der Waals surface area contributed by atoms with Crippen molar-refractivity contribution in [2.75, 3.05) is 0 Å². The minimum Gasteiger partial charge on any atom is -0.431 e. The number of carbonyl (C=O) groups is 1. The predicted octanol–water partition coefficient (Wildman–Crippen LogP) is 4.20. The molecule has 0 aromatic carbocycles. The lowest BCUT2D eigenvalue weighted by molar-refractivity contribution is -0.138. The Morgan fingerprint density at radius 1 is 1.15 bits per heavy atom.